The summed E-state index contributed by atoms with van der Waals surface area (Å²) in [7, 11) is 0. The number of thiazole rings is 1. The molecule has 0 atom stereocenters. The van der Waals surface area contributed by atoms with Gasteiger partial charge in [-0.25, -0.2) is 9.37 Å². The van der Waals surface area contributed by atoms with Gasteiger partial charge in [0.15, 0.2) is 0 Å². The summed E-state index contributed by atoms with van der Waals surface area (Å²) in [6, 6.07) is 4.36. The summed E-state index contributed by atoms with van der Waals surface area (Å²) < 4.78 is 13.9. The van der Waals surface area contributed by atoms with E-state index in [4.69, 9.17) is 23.2 Å². The summed E-state index contributed by atoms with van der Waals surface area (Å²) in [5, 5.41) is 4.20. The lowest BCUT2D eigenvalue weighted by Gasteiger charge is -2.05. The van der Waals surface area contributed by atoms with Gasteiger partial charge in [-0.1, -0.05) is 23.2 Å². The minimum atomic E-state index is -0.341. The minimum absolute atomic E-state index is 0.341. The molecule has 0 amide bonds. The van der Waals surface area contributed by atoms with E-state index in [1.54, 1.807) is 6.20 Å². The molecule has 2 aromatic rings. The second-order valence-electron chi connectivity index (χ2n) is 3.04. The number of halogens is 3. The minimum Gasteiger partial charge on any atom is -0.376 e. The van der Waals surface area contributed by atoms with Crippen molar-refractivity contribution >= 4 is 40.2 Å². The van der Waals surface area contributed by atoms with Crippen LogP contribution in [0.15, 0.2) is 24.4 Å². The van der Waals surface area contributed by atoms with Crippen molar-refractivity contribution in [2.45, 2.75) is 6.54 Å². The van der Waals surface area contributed by atoms with Crippen molar-refractivity contribution in [2.75, 3.05) is 5.32 Å². The maximum absolute atomic E-state index is 13.3. The van der Waals surface area contributed by atoms with E-state index in [0.717, 1.165) is 5.01 Å². The standard InChI is InChI=1S/C10H7Cl2FN2S/c11-6-1-2-7(13)8(3-6)14-5-10-15-4-9(12)16-10/h1-4,14H,5H2. The van der Waals surface area contributed by atoms with E-state index in [1.165, 1.54) is 29.5 Å². The molecular weight excluding hydrogens is 270 g/mol. The molecule has 1 heterocycles. The first-order chi connectivity index (χ1) is 7.65. The number of aromatic nitrogens is 1. The molecule has 0 aliphatic carbocycles. The molecule has 2 nitrogen and oxygen atoms in total. The third-order valence-corrected chi connectivity index (χ3v) is 3.23. The van der Waals surface area contributed by atoms with Crippen LogP contribution in [-0.4, -0.2) is 4.98 Å². The van der Waals surface area contributed by atoms with Gasteiger partial charge in [-0.2, -0.15) is 0 Å². The predicted molar refractivity (Wildman–Crippen MR) is 65.9 cm³/mol. The van der Waals surface area contributed by atoms with Crippen molar-refractivity contribution in [3.05, 3.63) is 44.6 Å². The van der Waals surface area contributed by atoms with E-state index in [-0.39, 0.29) is 5.82 Å². The van der Waals surface area contributed by atoms with Crippen molar-refractivity contribution in [1.29, 1.82) is 0 Å². The first-order valence-corrected chi connectivity index (χ1v) is 6.01. The Morgan fingerprint density at radius 3 is 2.88 bits per heavy atom. The van der Waals surface area contributed by atoms with Crippen LogP contribution in [0.1, 0.15) is 5.01 Å². The van der Waals surface area contributed by atoms with Crippen molar-refractivity contribution in [3.63, 3.8) is 0 Å². The monoisotopic (exact) mass is 276 g/mol. The van der Waals surface area contributed by atoms with Crippen molar-refractivity contribution in [1.82, 2.24) is 4.98 Å². The summed E-state index contributed by atoms with van der Waals surface area (Å²) in [6.07, 6.45) is 1.57. The third-order valence-electron chi connectivity index (χ3n) is 1.88. The van der Waals surface area contributed by atoms with Gasteiger partial charge >= 0.3 is 0 Å². The number of nitrogens with zero attached hydrogens (tertiary/aromatic N) is 1. The second kappa shape index (κ2) is 4.99. The number of rotatable bonds is 3. The molecule has 0 saturated heterocycles. The van der Waals surface area contributed by atoms with Crippen molar-refractivity contribution in [3.8, 4) is 0 Å². The smallest absolute Gasteiger partial charge is 0.146 e. The van der Waals surface area contributed by atoms with E-state index in [1.807, 2.05) is 0 Å². The molecule has 16 heavy (non-hydrogen) atoms. The molecule has 0 spiro atoms. The maximum atomic E-state index is 13.3. The highest BCUT2D eigenvalue weighted by Crippen LogP contribution is 2.22. The number of anilines is 1. The fourth-order valence-electron chi connectivity index (χ4n) is 1.17. The number of nitrogens with one attached hydrogen (secondary N) is 1. The van der Waals surface area contributed by atoms with E-state index in [2.05, 4.69) is 10.3 Å². The topological polar surface area (TPSA) is 24.9 Å². The van der Waals surface area contributed by atoms with Gasteiger partial charge in [-0.15, -0.1) is 11.3 Å². The number of hydrogen-bond acceptors (Lipinski definition) is 3. The van der Waals surface area contributed by atoms with Gasteiger partial charge in [-0.05, 0) is 18.2 Å². The Morgan fingerprint density at radius 2 is 2.19 bits per heavy atom. The zero-order chi connectivity index (χ0) is 11.5. The molecule has 0 unspecified atom stereocenters. The van der Waals surface area contributed by atoms with Crippen molar-refractivity contribution < 1.29 is 4.39 Å². The summed E-state index contributed by atoms with van der Waals surface area (Å²) in [6.45, 7) is 0.425. The highest BCUT2D eigenvalue weighted by molar-refractivity contribution is 7.15. The second-order valence-corrected chi connectivity index (χ2v) is 5.22. The van der Waals surface area contributed by atoms with Gasteiger partial charge in [-0.3, -0.25) is 0 Å². The quantitative estimate of drug-likeness (QED) is 0.909. The molecule has 0 fully saturated rings. The number of benzene rings is 1. The predicted octanol–water partition coefficient (Wildman–Crippen LogP) is 4.20. The van der Waals surface area contributed by atoms with E-state index < -0.39 is 0 Å². The van der Waals surface area contributed by atoms with Gasteiger partial charge in [0.1, 0.15) is 15.2 Å². The van der Waals surface area contributed by atoms with Gasteiger partial charge < -0.3 is 5.32 Å². The van der Waals surface area contributed by atoms with E-state index >= 15 is 0 Å². The van der Waals surface area contributed by atoms with Crippen LogP contribution < -0.4 is 5.32 Å². The molecule has 0 radical (unpaired) electrons. The number of hydrogen-bond donors (Lipinski definition) is 1. The largest absolute Gasteiger partial charge is 0.376 e. The lowest BCUT2D eigenvalue weighted by Crippen LogP contribution is -2.00. The highest BCUT2D eigenvalue weighted by atomic mass is 35.5. The average Bonchev–Trinajstić information content (AvgIpc) is 2.66. The van der Waals surface area contributed by atoms with Crippen LogP contribution in [-0.2, 0) is 6.54 Å². The Hall–Kier alpha value is -0.840. The molecule has 2 rings (SSSR count). The Balaban J connectivity index is 2.07. The van der Waals surface area contributed by atoms with Crippen LogP contribution in [0, 0.1) is 5.82 Å². The Kier molecular flexibility index (Phi) is 3.63. The molecule has 0 bridgehead atoms. The first kappa shape index (κ1) is 11.6. The van der Waals surface area contributed by atoms with Gasteiger partial charge in [0.25, 0.3) is 0 Å². The first-order valence-electron chi connectivity index (χ1n) is 4.44. The van der Waals surface area contributed by atoms with Crippen LogP contribution in [0.25, 0.3) is 0 Å². The fraction of sp³-hybridized carbons (Fsp3) is 0.100. The molecule has 84 valence electrons. The zero-order valence-corrected chi connectivity index (χ0v) is 10.3. The lowest BCUT2D eigenvalue weighted by molar-refractivity contribution is 0.630. The van der Waals surface area contributed by atoms with Crippen LogP contribution in [0.5, 0.6) is 0 Å². The van der Waals surface area contributed by atoms with Gasteiger partial charge in [0.05, 0.1) is 18.4 Å². The Bertz CT molecular complexity index is 501. The lowest BCUT2D eigenvalue weighted by atomic mass is 10.3. The highest BCUT2D eigenvalue weighted by Gasteiger charge is 2.04. The van der Waals surface area contributed by atoms with Gasteiger partial charge in [0.2, 0.25) is 0 Å². The molecule has 1 aromatic heterocycles. The third kappa shape index (κ3) is 2.84. The normalized spacial score (nSPS) is 10.4. The van der Waals surface area contributed by atoms with E-state index in [9.17, 15) is 4.39 Å². The molecular formula is C10H7Cl2FN2S. The summed E-state index contributed by atoms with van der Waals surface area (Å²) in [5.41, 5.74) is 0.360. The average molecular weight is 277 g/mol. The van der Waals surface area contributed by atoms with Crippen LogP contribution in [0.3, 0.4) is 0 Å². The SMILES string of the molecule is Fc1ccc(Cl)cc1NCc1ncc(Cl)s1. The summed E-state index contributed by atoms with van der Waals surface area (Å²) >= 11 is 12.8. The van der Waals surface area contributed by atoms with Crippen LogP contribution in [0.4, 0.5) is 10.1 Å². The van der Waals surface area contributed by atoms with Crippen molar-refractivity contribution in [2.24, 2.45) is 0 Å². The molecule has 0 saturated carbocycles. The van der Waals surface area contributed by atoms with Gasteiger partial charge in [0, 0.05) is 5.02 Å². The summed E-state index contributed by atoms with van der Waals surface area (Å²) in [4.78, 5) is 4.05. The zero-order valence-electron chi connectivity index (χ0n) is 8.01. The Labute approximate surface area is 106 Å². The maximum Gasteiger partial charge on any atom is 0.146 e. The Morgan fingerprint density at radius 1 is 1.38 bits per heavy atom. The fourth-order valence-corrected chi connectivity index (χ4v) is 2.24. The van der Waals surface area contributed by atoms with Crippen LogP contribution in [0.2, 0.25) is 9.36 Å². The van der Waals surface area contributed by atoms with E-state index in [0.29, 0.717) is 21.6 Å². The molecule has 6 heteroatoms. The molecule has 1 aromatic carbocycles. The molecule has 0 aliphatic heterocycles. The van der Waals surface area contributed by atoms with Crippen LogP contribution >= 0.6 is 34.5 Å². The molecule has 0 aliphatic rings. The molecule has 1 N–H and O–H groups in total. The summed E-state index contributed by atoms with van der Waals surface area (Å²) in [5.74, 6) is -0.341.